The Kier molecular flexibility index (Phi) is 4.21. The van der Waals surface area contributed by atoms with Gasteiger partial charge in [-0.2, -0.15) is 0 Å². The molecule has 29 heavy (non-hydrogen) atoms. The molecule has 0 saturated carbocycles. The summed E-state index contributed by atoms with van der Waals surface area (Å²) in [6.45, 7) is 6.56. The molecular weight excluding hydrogens is 380 g/mol. The minimum absolute atomic E-state index is 0.0323. The Morgan fingerprint density at radius 3 is 2.76 bits per heavy atom. The second-order valence-electron chi connectivity index (χ2n) is 7.90. The zero-order valence-corrected chi connectivity index (χ0v) is 16.4. The van der Waals surface area contributed by atoms with Crippen LogP contribution >= 0.6 is 0 Å². The molecule has 1 fully saturated rings. The van der Waals surface area contributed by atoms with E-state index in [0.717, 1.165) is 0 Å². The van der Waals surface area contributed by atoms with Crippen molar-refractivity contribution in [1.82, 2.24) is 29.5 Å². The van der Waals surface area contributed by atoms with E-state index in [2.05, 4.69) is 20.2 Å². The number of rotatable bonds is 3. The van der Waals surface area contributed by atoms with Gasteiger partial charge in [-0.3, -0.25) is 14.5 Å². The van der Waals surface area contributed by atoms with Gasteiger partial charge >= 0.3 is 6.09 Å². The molecular formula is C17H20N8O4. The fraction of sp³-hybridized carbons (Fsp3) is 0.471. The Hall–Kier alpha value is -3.57. The summed E-state index contributed by atoms with van der Waals surface area (Å²) in [5, 5.41) is 19.1. The van der Waals surface area contributed by atoms with E-state index in [1.807, 2.05) is 25.7 Å². The van der Waals surface area contributed by atoms with Crippen LogP contribution in [0.5, 0.6) is 0 Å². The van der Waals surface area contributed by atoms with E-state index in [1.54, 1.807) is 16.3 Å². The topological polar surface area (TPSA) is 132 Å². The lowest BCUT2D eigenvalue weighted by molar-refractivity contribution is -0.385. The van der Waals surface area contributed by atoms with E-state index in [-0.39, 0.29) is 17.8 Å². The van der Waals surface area contributed by atoms with E-state index in [9.17, 15) is 14.9 Å². The van der Waals surface area contributed by atoms with Gasteiger partial charge in [0.2, 0.25) is 5.65 Å². The van der Waals surface area contributed by atoms with Crippen LogP contribution in [0.15, 0.2) is 18.6 Å². The third-order valence-corrected chi connectivity index (χ3v) is 4.65. The fourth-order valence-corrected chi connectivity index (χ4v) is 3.08. The van der Waals surface area contributed by atoms with Gasteiger partial charge in [0.15, 0.2) is 11.5 Å². The molecule has 0 spiro atoms. The number of pyridine rings is 1. The highest BCUT2D eigenvalue weighted by Gasteiger charge is 2.36. The molecule has 12 nitrogen and oxygen atoms in total. The SMILES string of the molecule is CN(C(=O)OC(C)(C)C)C1CN(c2nc3ncc([N+](=O)[O-])cc3n3cnnc23)C1. The van der Waals surface area contributed by atoms with E-state index < -0.39 is 10.5 Å². The van der Waals surface area contributed by atoms with Crippen LogP contribution in [0.25, 0.3) is 16.8 Å². The third-order valence-electron chi connectivity index (χ3n) is 4.65. The Morgan fingerprint density at radius 1 is 1.38 bits per heavy atom. The molecule has 0 radical (unpaired) electrons. The lowest BCUT2D eigenvalue weighted by Gasteiger charge is -2.44. The van der Waals surface area contributed by atoms with Crippen LogP contribution in [-0.4, -0.2) is 72.3 Å². The van der Waals surface area contributed by atoms with Crippen LogP contribution in [0, 0.1) is 10.1 Å². The van der Waals surface area contributed by atoms with Crippen molar-refractivity contribution in [2.45, 2.75) is 32.4 Å². The molecule has 12 heteroatoms. The minimum atomic E-state index is -0.559. The molecule has 0 bridgehead atoms. The Bertz CT molecular complexity index is 1120. The number of aromatic nitrogens is 5. The van der Waals surface area contributed by atoms with Crippen molar-refractivity contribution in [3.63, 3.8) is 0 Å². The van der Waals surface area contributed by atoms with E-state index in [1.165, 1.54) is 18.6 Å². The second kappa shape index (κ2) is 6.50. The number of nitrogens with zero attached hydrogens (tertiary/aromatic N) is 8. The minimum Gasteiger partial charge on any atom is -0.444 e. The average Bonchev–Trinajstić information content (AvgIpc) is 3.08. The molecule has 1 aliphatic rings. The lowest BCUT2D eigenvalue weighted by atomic mass is 10.1. The number of nitro groups is 1. The van der Waals surface area contributed by atoms with Crippen molar-refractivity contribution in [3.05, 3.63) is 28.7 Å². The van der Waals surface area contributed by atoms with Crippen LogP contribution in [0.3, 0.4) is 0 Å². The van der Waals surface area contributed by atoms with Gasteiger partial charge in [0.25, 0.3) is 5.69 Å². The molecule has 0 aliphatic carbocycles. The monoisotopic (exact) mass is 400 g/mol. The van der Waals surface area contributed by atoms with Gasteiger partial charge in [-0.15, -0.1) is 10.2 Å². The van der Waals surface area contributed by atoms with Crippen molar-refractivity contribution in [3.8, 4) is 0 Å². The number of hydrogen-bond donors (Lipinski definition) is 0. The maximum atomic E-state index is 12.2. The smallest absolute Gasteiger partial charge is 0.410 e. The molecule has 3 aromatic rings. The summed E-state index contributed by atoms with van der Waals surface area (Å²) in [6, 6.07) is 1.36. The van der Waals surface area contributed by atoms with Gasteiger partial charge in [0.1, 0.15) is 23.6 Å². The van der Waals surface area contributed by atoms with Crippen molar-refractivity contribution in [2.24, 2.45) is 0 Å². The zero-order chi connectivity index (χ0) is 20.9. The predicted molar refractivity (Wildman–Crippen MR) is 103 cm³/mol. The highest BCUT2D eigenvalue weighted by Crippen LogP contribution is 2.28. The van der Waals surface area contributed by atoms with Crippen LogP contribution in [0.4, 0.5) is 16.3 Å². The normalized spacial score (nSPS) is 14.8. The van der Waals surface area contributed by atoms with Gasteiger partial charge in [0, 0.05) is 26.2 Å². The summed E-state index contributed by atoms with van der Waals surface area (Å²) in [5.74, 6) is 0.560. The first-order valence-electron chi connectivity index (χ1n) is 8.98. The van der Waals surface area contributed by atoms with Crippen LogP contribution in [0.1, 0.15) is 20.8 Å². The summed E-state index contributed by atoms with van der Waals surface area (Å²) < 4.78 is 7.03. The highest BCUT2D eigenvalue weighted by molar-refractivity contribution is 5.82. The maximum absolute atomic E-state index is 12.2. The standard InChI is InChI=1S/C17H20N8O4/c1-17(2,3)29-16(26)22(4)11-7-23(8-11)14-15-21-19-9-24(15)12-5-10(25(27)28)6-18-13(12)20-14/h5-6,9,11H,7-8H2,1-4H3. The maximum Gasteiger partial charge on any atom is 0.410 e. The number of amides is 1. The van der Waals surface area contributed by atoms with Gasteiger partial charge in [0.05, 0.1) is 11.0 Å². The second-order valence-corrected chi connectivity index (χ2v) is 7.90. The van der Waals surface area contributed by atoms with Gasteiger partial charge < -0.3 is 14.5 Å². The fourth-order valence-electron chi connectivity index (χ4n) is 3.08. The van der Waals surface area contributed by atoms with Crippen molar-refractivity contribution in [2.75, 3.05) is 25.0 Å². The Labute approximate surface area is 165 Å². The molecule has 4 heterocycles. The van der Waals surface area contributed by atoms with Crippen molar-refractivity contribution in [1.29, 1.82) is 0 Å². The summed E-state index contributed by atoms with van der Waals surface area (Å²) in [6.07, 6.45) is 2.26. The van der Waals surface area contributed by atoms with Crippen LogP contribution in [-0.2, 0) is 4.74 Å². The molecule has 0 aromatic carbocycles. The highest BCUT2D eigenvalue weighted by atomic mass is 16.6. The third kappa shape index (κ3) is 3.37. The predicted octanol–water partition coefficient (Wildman–Crippen LogP) is 1.64. The number of anilines is 1. The first-order valence-corrected chi connectivity index (χ1v) is 8.98. The molecule has 4 rings (SSSR count). The molecule has 1 aliphatic heterocycles. The molecule has 0 N–H and O–H groups in total. The molecule has 0 atom stereocenters. The van der Waals surface area contributed by atoms with Crippen LogP contribution < -0.4 is 4.90 Å². The van der Waals surface area contributed by atoms with Gasteiger partial charge in [-0.05, 0) is 20.8 Å². The summed E-state index contributed by atoms with van der Waals surface area (Å²) in [5.41, 5.74) is 0.576. The summed E-state index contributed by atoms with van der Waals surface area (Å²) >= 11 is 0. The summed E-state index contributed by atoms with van der Waals surface area (Å²) in [4.78, 5) is 35.0. The summed E-state index contributed by atoms with van der Waals surface area (Å²) in [7, 11) is 1.71. The average molecular weight is 400 g/mol. The first-order chi connectivity index (χ1) is 13.6. The molecule has 1 amide bonds. The number of ether oxygens (including phenoxy) is 1. The quantitative estimate of drug-likeness (QED) is 0.475. The zero-order valence-electron chi connectivity index (χ0n) is 16.4. The largest absolute Gasteiger partial charge is 0.444 e. The van der Waals surface area contributed by atoms with Gasteiger partial charge in [-0.1, -0.05) is 0 Å². The number of fused-ring (bicyclic) bond motifs is 3. The van der Waals surface area contributed by atoms with Crippen molar-refractivity contribution < 1.29 is 14.5 Å². The Morgan fingerprint density at radius 2 is 2.10 bits per heavy atom. The lowest BCUT2D eigenvalue weighted by Crippen LogP contribution is -2.60. The molecule has 3 aromatic heterocycles. The van der Waals surface area contributed by atoms with E-state index >= 15 is 0 Å². The van der Waals surface area contributed by atoms with E-state index in [0.29, 0.717) is 35.7 Å². The number of carbonyl (C=O) groups excluding carboxylic acids is 1. The van der Waals surface area contributed by atoms with E-state index in [4.69, 9.17) is 4.74 Å². The number of hydrogen-bond acceptors (Lipinski definition) is 9. The van der Waals surface area contributed by atoms with Crippen molar-refractivity contribution >= 4 is 34.4 Å². The van der Waals surface area contributed by atoms with Crippen LogP contribution in [0.2, 0.25) is 0 Å². The first kappa shape index (κ1) is 18.8. The molecule has 1 saturated heterocycles. The molecule has 0 unspecified atom stereocenters. The van der Waals surface area contributed by atoms with Gasteiger partial charge in [-0.25, -0.2) is 14.8 Å². The number of likely N-dealkylation sites (N-methyl/N-ethyl adjacent to an activating group) is 1. The Balaban J connectivity index is 1.59. The molecule has 152 valence electrons. The number of carbonyl (C=O) groups is 1.